The van der Waals surface area contributed by atoms with Gasteiger partial charge in [0.25, 0.3) is 0 Å². The zero-order valence-corrected chi connectivity index (χ0v) is 15.1. The van der Waals surface area contributed by atoms with Crippen molar-refractivity contribution in [3.05, 3.63) is 93.4 Å². The molecule has 0 saturated heterocycles. The van der Waals surface area contributed by atoms with Crippen LogP contribution in [0.15, 0.2) is 82.2 Å². The van der Waals surface area contributed by atoms with E-state index in [0.29, 0.717) is 0 Å². The van der Waals surface area contributed by atoms with E-state index in [4.69, 9.17) is 32.7 Å². The number of hydrogen-bond donors (Lipinski definition) is 0. The summed E-state index contributed by atoms with van der Waals surface area (Å²) in [5, 5.41) is -0.737. The molecule has 1 aliphatic carbocycles. The average Bonchev–Trinajstić information content (AvgIpc) is 2.69. The lowest BCUT2D eigenvalue weighted by Gasteiger charge is -2.19. The molecule has 1 aliphatic rings. The third-order valence-electron chi connectivity index (χ3n) is 3.66. The molecule has 3 rings (SSSR count). The molecule has 0 N–H and O–H groups in total. The van der Waals surface area contributed by atoms with Crippen LogP contribution in [0.25, 0.3) is 0 Å². The maximum atomic E-state index is 12.4. The van der Waals surface area contributed by atoms with Gasteiger partial charge in [0.05, 0.1) is 0 Å². The molecular formula is C20H14Cl2O4. The summed E-state index contributed by atoms with van der Waals surface area (Å²) in [6.45, 7) is 0.185. The van der Waals surface area contributed by atoms with Crippen LogP contribution >= 0.6 is 23.2 Å². The van der Waals surface area contributed by atoms with Gasteiger partial charge in [-0.15, -0.1) is 0 Å². The third-order valence-corrected chi connectivity index (χ3v) is 4.48. The zero-order valence-electron chi connectivity index (χ0n) is 13.6. The number of Topliss-reactive ketones (excluding diaryl/α,β-unsaturated/α-hetero) is 2. The smallest absolute Gasteiger partial charge is 0.244 e. The van der Waals surface area contributed by atoms with Crippen LogP contribution in [0.4, 0.5) is 0 Å². The number of ether oxygens (including phenoxy) is 2. The van der Waals surface area contributed by atoms with Crippen LogP contribution in [-0.2, 0) is 32.3 Å². The van der Waals surface area contributed by atoms with Gasteiger partial charge < -0.3 is 9.47 Å². The predicted octanol–water partition coefficient (Wildman–Crippen LogP) is 4.47. The van der Waals surface area contributed by atoms with Gasteiger partial charge in [-0.25, -0.2) is 0 Å². The van der Waals surface area contributed by atoms with Crippen molar-refractivity contribution in [2.75, 3.05) is 0 Å². The molecule has 2 aromatic rings. The number of rotatable bonds is 6. The maximum Gasteiger partial charge on any atom is 0.244 e. The Morgan fingerprint density at radius 2 is 0.962 bits per heavy atom. The molecule has 132 valence electrons. The van der Waals surface area contributed by atoms with E-state index in [9.17, 15) is 9.59 Å². The van der Waals surface area contributed by atoms with Gasteiger partial charge in [0, 0.05) is 0 Å². The van der Waals surface area contributed by atoms with Crippen LogP contribution in [0.2, 0.25) is 0 Å². The Hall–Kier alpha value is -2.56. The highest BCUT2D eigenvalue weighted by Gasteiger charge is 2.36. The SMILES string of the molecule is O=C1C(Cl)=C(Cl)C(=O)C(OCc2ccccc2)=C1OCc1ccccc1. The van der Waals surface area contributed by atoms with Crippen molar-refractivity contribution in [2.24, 2.45) is 0 Å². The Morgan fingerprint density at radius 1 is 0.615 bits per heavy atom. The first-order valence-corrected chi connectivity index (χ1v) is 8.56. The van der Waals surface area contributed by atoms with Gasteiger partial charge in [-0.05, 0) is 11.1 Å². The first-order valence-electron chi connectivity index (χ1n) is 7.80. The van der Waals surface area contributed by atoms with E-state index in [2.05, 4.69) is 0 Å². The summed E-state index contributed by atoms with van der Waals surface area (Å²) in [6.07, 6.45) is 0. The monoisotopic (exact) mass is 388 g/mol. The molecule has 26 heavy (non-hydrogen) atoms. The molecule has 0 saturated carbocycles. The van der Waals surface area contributed by atoms with E-state index in [-0.39, 0.29) is 34.8 Å². The molecule has 0 unspecified atom stereocenters. The minimum Gasteiger partial charge on any atom is -0.481 e. The van der Waals surface area contributed by atoms with Gasteiger partial charge >= 0.3 is 0 Å². The first kappa shape index (κ1) is 18.2. The van der Waals surface area contributed by atoms with Gasteiger partial charge in [0.1, 0.15) is 23.3 Å². The molecule has 4 nitrogen and oxygen atoms in total. The summed E-state index contributed by atoms with van der Waals surface area (Å²) in [7, 11) is 0. The van der Waals surface area contributed by atoms with Crippen LogP contribution in [-0.4, -0.2) is 11.6 Å². The highest BCUT2D eigenvalue weighted by atomic mass is 35.5. The molecular weight excluding hydrogens is 375 g/mol. The van der Waals surface area contributed by atoms with Crippen molar-refractivity contribution < 1.29 is 19.1 Å². The summed E-state index contributed by atoms with van der Waals surface area (Å²) in [6, 6.07) is 18.5. The lowest BCUT2D eigenvalue weighted by molar-refractivity contribution is -0.121. The van der Waals surface area contributed by atoms with Crippen molar-refractivity contribution >= 4 is 34.8 Å². The molecule has 0 heterocycles. The van der Waals surface area contributed by atoms with E-state index >= 15 is 0 Å². The number of allylic oxidation sites excluding steroid dienone is 2. The second kappa shape index (κ2) is 8.21. The number of benzene rings is 2. The van der Waals surface area contributed by atoms with Crippen LogP contribution in [0.1, 0.15) is 11.1 Å². The summed E-state index contributed by atoms with van der Waals surface area (Å²) in [5.41, 5.74) is 1.67. The average molecular weight is 389 g/mol. The number of carbonyl (C=O) groups excluding carboxylic acids is 2. The molecule has 0 aliphatic heterocycles. The van der Waals surface area contributed by atoms with Crippen molar-refractivity contribution in [3.8, 4) is 0 Å². The van der Waals surface area contributed by atoms with E-state index < -0.39 is 11.6 Å². The van der Waals surface area contributed by atoms with Crippen LogP contribution in [0, 0.1) is 0 Å². The van der Waals surface area contributed by atoms with E-state index in [0.717, 1.165) is 11.1 Å². The minimum absolute atomic E-state index is 0.0924. The van der Waals surface area contributed by atoms with Crippen LogP contribution < -0.4 is 0 Å². The number of carbonyl (C=O) groups is 2. The predicted molar refractivity (Wildman–Crippen MR) is 98.2 cm³/mol. The van der Waals surface area contributed by atoms with Gasteiger partial charge in [-0.3, -0.25) is 9.59 Å². The highest BCUT2D eigenvalue weighted by molar-refractivity contribution is 6.58. The lowest BCUT2D eigenvalue weighted by Crippen LogP contribution is -2.23. The molecule has 0 spiro atoms. The Labute approximate surface area is 160 Å². The standard InChI is InChI=1S/C20H14Cl2O4/c21-15-16(22)18(24)20(26-12-14-9-5-2-6-10-14)19(17(15)23)25-11-13-7-3-1-4-8-13/h1-10H,11-12H2. The first-order chi connectivity index (χ1) is 12.6. The fraction of sp³-hybridized carbons (Fsp3) is 0.100. The minimum atomic E-state index is -0.671. The van der Waals surface area contributed by atoms with Crippen molar-refractivity contribution in [3.63, 3.8) is 0 Å². The maximum absolute atomic E-state index is 12.4. The summed E-state index contributed by atoms with van der Waals surface area (Å²) in [5.74, 6) is -1.81. The molecule has 0 amide bonds. The second-order valence-electron chi connectivity index (χ2n) is 5.49. The molecule has 6 heteroatoms. The largest absolute Gasteiger partial charge is 0.481 e. The van der Waals surface area contributed by atoms with Crippen molar-refractivity contribution in [2.45, 2.75) is 13.2 Å². The number of hydrogen-bond acceptors (Lipinski definition) is 4. The molecule has 0 radical (unpaired) electrons. The molecule has 0 fully saturated rings. The van der Waals surface area contributed by atoms with E-state index in [1.54, 1.807) is 0 Å². The quantitative estimate of drug-likeness (QED) is 0.684. The zero-order chi connectivity index (χ0) is 18.5. The lowest BCUT2D eigenvalue weighted by atomic mass is 10.1. The molecule has 0 aromatic heterocycles. The van der Waals surface area contributed by atoms with Crippen LogP contribution in [0.5, 0.6) is 0 Å². The summed E-state index contributed by atoms with van der Waals surface area (Å²) >= 11 is 11.8. The second-order valence-corrected chi connectivity index (χ2v) is 6.25. The van der Waals surface area contributed by atoms with Crippen molar-refractivity contribution in [1.82, 2.24) is 0 Å². The Balaban J connectivity index is 1.85. The van der Waals surface area contributed by atoms with Gasteiger partial charge in [0.2, 0.25) is 23.1 Å². The van der Waals surface area contributed by atoms with Gasteiger partial charge in [-0.2, -0.15) is 0 Å². The highest BCUT2D eigenvalue weighted by Crippen LogP contribution is 2.31. The van der Waals surface area contributed by atoms with Gasteiger partial charge in [0.15, 0.2) is 0 Å². The molecule has 0 atom stereocenters. The summed E-state index contributed by atoms with van der Waals surface area (Å²) in [4.78, 5) is 24.9. The third kappa shape index (κ3) is 3.98. The Morgan fingerprint density at radius 3 is 1.31 bits per heavy atom. The number of halogens is 2. The van der Waals surface area contributed by atoms with E-state index in [1.165, 1.54) is 0 Å². The molecule has 2 aromatic carbocycles. The van der Waals surface area contributed by atoms with Crippen molar-refractivity contribution in [1.29, 1.82) is 0 Å². The fourth-order valence-corrected chi connectivity index (χ4v) is 2.67. The normalized spacial score (nSPS) is 14.7. The topological polar surface area (TPSA) is 52.6 Å². The summed E-state index contributed by atoms with van der Waals surface area (Å²) < 4.78 is 11.2. The Kier molecular flexibility index (Phi) is 5.76. The molecule has 0 bridgehead atoms. The van der Waals surface area contributed by atoms with Crippen LogP contribution in [0.3, 0.4) is 0 Å². The number of ketones is 2. The fourth-order valence-electron chi connectivity index (χ4n) is 2.33. The van der Waals surface area contributed by atoms with Gasteiger partial charge in [-0.1, -0.05) is 83.9 Å². The van der Waals surface area contributed by atoms with E-state index in [1.807, 2.05) is 60.7 Å². The Bertz CT molecular complexity index is 813.